The van der Waals surface area contributed by atoms with Crippen LogP contribution in [0, 0.1) is 6.92 Å². The minimum atomic E-state index is -0.252. The first-order chi connectivity index (χ1) is 13.4. The van der Waals surface area contributed by atoms with Gasteiger partial charge in [-0.2, -0.15) is 0 Å². The Morgan fingerprint density at radius 3 is 2.54 bits per heavy atom. The van der Waals surface area contributed by atoms with Crippen LogP contribution in [0.5, 0.6) is 23.0 Å². The molecule has 1 heterocycles. The third-order valence-electron chi connectivity index (χ3n) is 5.08. The quantitative estimate of drug-likeness (QED) is 0.758. The largest absolute Gasteiger partial charge is 0.493 e. The Kier molecular flexibility index (Phi) is 5.94. The van der Waals surface area contributed by atoms with Crippen molar-refractivity contribution in [3.63, 3.8) is 0 Å². The van der Waals surface area contributed by atoms with Gasteiger partial charge in [0.1, 0.15) is 6.54 Å². The van der Waals surface area contributed by atoms with Crippen LogP contribution in [0.25, 0.3) is 0 Å². The fourth-order valence-corrected chi connectivity index (χ4v) is 3.12. The number of amides is 1. The zero-order valence-corrected chi connectivity index (χ0v) is 16.9. The maximum atomic E-state index is 12.7. The van der Waals surface area contributed by atoms with E-state index in [-0.39, 0.29) is 18.7 Å². The number of aryl methyl sites for hydroxylation is 1. The Hall–Kier alpha value is -2.93. The highest BCUT2D eigenvalue weighted by Gasteiger charge is 2.24. The second-order valence-corrected chi connectivity index (χ2v) is 6.94. The predicted octanol–water partition coefficient (Wildman–Crippen LogP) is 1.78. The van der Waals surface area contributed by atoms with E-state index in [0.717, 1.165) is 16.0 Å². The number of carbonyl (C=O) groups excluding carboxylic acids is 1. The molecule has 0 fully saturated rings. The molecule has 2 atom stereocenters. The Bertz CT molecular complexity index is 868. The minimum Gasteiger partial charge on any atom is -0.493 e. The van der Waals surface area contributed by atoms with Crippen molar-refractivity contribution in [3.05, 3.63) is 41.5 Å². The molecular formula is C21H27N2O5+. The normalized spacial score (nSPS) is 14.3. The molecule has 28 heavy (non-hydrogen) atoms. The molecule has 0 saturated carbocycles. The van der Waals surface area contributed by atoms with Crippen molar-refractivity contribution in [2.24, 2.45) is 0 Å². The van der Waals surface area contributed by atoms with E-state index < -0.39 is 0 Å². The van der Waals surface area contributed by atoms with Gasteiger partial charge in [-0.15, -0.1) is 0 Å². The molecule has 1 aliphatic rings. The molecule has 2 N–H and O–H groups in total. The highest BCUT2D eigenvalue weighted by Crippen LogP contribution is 2.34. The third-order valence-corrected chi connectivity index (χ3v) is 5.08. The summed E-state index contributed by atoms with van der Waals surface area (Å²) in [6, 6.07) is 9.07. The van der Waals surface area contributed by atoms with Gasteiger partial charge in [0.25, 0.3) is 5.91 Å². The fraction of sp³-hybridized carbons (Fsp3) is 0.381. The van der Waals surface area contributed by atoms with Crippen LogP contribution in [0.2, 0.25) is 0 Å². The van der Waals surface area contributed by atoms with E-state index in [1.54, 1.807) is 26.4 Å². The summed E-state index contributed by atoms with van der Waals surface area (Å²) < 4.78 is 21.4. The van der Waals surface area contributed by atoms with Gasteiger partial charge in [0.2, 0.25) is 6.79 Å². The first kappa shape index (κ1) is 19.8. The van der Waals surface area contributed by atoms with Crippen LogP contribution in [-0.2, 0) is 11.3 Å². The first-order valence-electron chi connectivity index (χ1n) is 9.17. The topological polar surface area (TPSA) is 70.5 Å². The molecule has 150 valence electrons. The molecule has 2 aromatic carbocycles. The Morgan fingerprint density at radius 1 is 1.14 bits per heavy atom. The van der Waals surface area contributed by atoms with Crippen LogP contribution in [0.4, 0.5) is 5.69 Å². The molecule has 0 bridgehead atoms. The molecule has 0 aromatic heterocycles. The van der Waals surface area contributed by atoms with Crippen molar-refractivity contribution in [2.75, 3.05) is 33.4 Å². The summed E-state index contributed by atoms with van der Waals surface area (Å²) in [5.74, 6) is 2.67. The number of likely N-dealkylation sites (N-methyl/N-ethyl adjacent to an activating group) is 1. The average molecular weight is 387 g/mol. The summed E-state index contributed by atoms with van der Waals surface area (Å²) in [6.07, 6.45) is 0. The Labute approximate surface area is 165 Å². The van der Waals surface area contributed by atoms with Gasteiger partial charge in [-0.1, -0.05) is 0 Å². The van der Waals surface area contributed by atoms with Crippen LogP contribution in [0.15, 0.2) is 30.3 Å². The van der Waals surface area contributed by atoms with Gasteiger partial charge in [-0.3, -0.25) is 4.79 Å². The van der Waals surface area contributed by atoms with Gasteiger partial charge in [0.15, 0.2) is 29.0 Å². The highest BCUT2D eigenvalue weighted by atomic mass is 16.7. The lowest BCUT2D eigenvalue weighted by Gasteiger charge is -2.22. The van der Waals surface area contributed by atoms with E-state index in [0.29, 0.717) is 35.2 Å². The van der Waals surface area contributed by atoms with Crippen molar-refractivity contribution >= 4 is 11.6 Å². The number of hydrogen-bond donors (Lipinski definition) is 2. The highest BCUT2D eigenvalue weighted by molar-refractivity contribution is 5.93. The number of hydrogen-bond acceptors (Lipinski definition) is 5. The van der Waals surface area contributed by atoms with E-state index in [9.17, 15) is 4.79 Å². The number of methoxy groups -OCH3 is 2. The lowest BCUT2D eigenvalue weighted by molar-refractivity contribution is -0.907. The second-order valence-electron chi connectivity index (χ2n) is 6.94. The van der Waals surface area contributed by atoms with Gasteiger partial charge in [0, 0.05) is 17.3 Å². The molecule has 1 aliphatic heterocycles. The predicted molar refractivity (Wildman–Crippen MR) is 106 cm³/mol. The standard InChI is InChI=1S/C21H26N2O5/c1-13-8-18(25-4)19(26-5)9-15(13)11-23(3)14(2)21(24)22-16-6-7-17-20(10-16)28-12-27-17/h6-10,14H,11-12H2,1-5H3,(H,22,24)/p+1/t14-/m1/s1. The molecular weight excluding hydrogens is 360 g/mol. The summed E-state index contributed by atoms with van der Waals surface area (Å²) >= 11 is 0. The number of benzene rings is 2. The van der Waals surface area contributed by atoms with E-state index in [2.05, 4.69) is 5.32 Å². The zero-order valence-electron chi connectivity index (χ0n) is 16.9. The van der Waals surface area contributed by atoms with Gasteiger partial charge >= 0.3 is 0 Å². The van der Waals surface area contributed by atoms with Crippen molar-refractivity contribution in [2.45, 2.75) is 26.4 Å². The van der Waals surface area contributed by atoms with Crippen LogP contribution >= 0.6 is 0 Å². The lowest BCUT2D eigenvalue weighted by atomic mass is 10.1. The minimum absolute atomic E-state index is 0.0607. The summed E-state index contributed by atoms with van der Waals surface area (Å²) in [5.41, 5.74) is 2.90. The number of quaternary nitrogens is 1. The van der Waals surface area contributed by atoms with E-state index >= 15 is 0 Å². The van der Waals surface area contributed by atoms with E-state index in [1.807, 2.05) is 39.1 Å². The molecule has 0 aliphatic carbocycles. The number of carbonyl (C=O) groups is 1. The summed E-state index contributed by atoms with van der Waals surface area (Å²) in [4.78, 5) is 13.8. The summed E-state index contributed by atoms with van der Waals surface area (Å²) in [5, 5.41) is 2.95. The average Bonchev–Trinajstić information content (AvgIpc) is 3.16. The van der Waals surface area contributed by atoms with E-state index in [1.165, 1.54) is 0 Å². The monoisotopic (exact) mass is 387 g/mol. The van der Waals surface area contributed by atoms with Crippen LogP contribution in [-0.4, -0.2) is 40.0 Å². The van der Waals surface area contributed by atoms with Gasteiger partial charge < -0.3 is 29.2 Å². The number of ether oxygens (including phenoxy) is 4. The molecule has 2 aromatic rings. The molecule has 0 radical (unpaired) electrons. The SMILES string of the molecule is COc1cc(C)c(C[NH+](C)[C@H](C)C(=O)Nc2ccc3c(c2)OCO3)cc1OC. The number of nitrogens with one attached hydrogen (secondary N) is 2. The first-order valence-corrected chi connectivity index (χ1v) is 9.17. The van der Waals surface area contributed by atoms with E-state index in [4.69, 9.17) is 18.9 Å². The Morgan fingerprint density at radius 2 is 1.82 bits per heavy atom. The maximum absolute atomic E-state index is 12.7. The number of rotatable bonds is 7. The van der Waals surface area contributed by atoms with Gasteiger partial charge in [-0.25, -0.2) is 0 Å². The number of anilines is 1. The molecule has 1 unspecified atom stereocenters. The maximum Gasteiger partial charge on any atom is 0.282 e. The summed E-state index contributed by atoms with van der Waals surface area (Å²) in [7, 11) is 5.24. The molecule has 7 nitrogen and oxygen atoms in total. The second kappa shape index (κ2) is 8.39. The zero-order chi connectivity index (χ0) is 20.3. The fourth-order valence-electron chi connectivity index (χ4n) is 3.12. The van der Waals surface area contributed by atoms with Crippen molar-refractivity contribution in [1.82, 2.24) is 0 Å². The van der Waals surface area contributed by atoms with Gasteiger partial charge in [0.05, 0.1) is 21.3 Å². The molecule has 1 amide bonds. The molecule has 7 heteroatoms. The van der Waals surface area contributed by atoms with Crippen molar-refractivity contribution in [3.8, 4) is 23.0 Å². The lowest BCUT2D eigenvalue weighted by Crippen LogP contribution is -3.12. The Balaban J connectivity index is 1.67. The van der Waals surface area contributed by atoms with Crippen molar-refractivity contribution < 1.29 is 28.6 Å². The van der Waals surface area contributed by atoms with Crippen LogP contribution < -0.4 is 29.2 Å². The van der Waals surface area contributed by atoms with Gasteiger partial charge in [-0.05, 0) is 43.7 Å². The molecule has 0 spiro atoms. The van der Waals surface area contributed by atoms with Crippen LogP contribution in [0.1, 0.15) is 18.1 Å². The van der Waals surface area contributed by atoms with Crippen molar-refractivity contribution in [1.29, 1.82) is 0 Å². The number of fused-ring (bicyclic) bond motifs is 1. The third kappa shape index (κ3) is 4.14. The molecule has 0 saturated heterocycles. The van der Waals surface area contributed by atoms with Crippen LogP contribution in [0.3, 0.4) is 0 Å². The molecule has 3 rings (SSSR count). The summed E-state index contributed by atoms with van der Waals surface area (Å²) in [6.45, 7) is 4.83. The smallest absolute Gasteiger partial charge is 0.282 e.